The molecular formula is C34H34N4O4. The van der Waals surface area contributed by atoms with E-state index in [1.165, 1.54) is 23.6 Å². The highest BCUT2D eigenvalue weighted by atomic mass is 16.5. The van der Waals surface area contributed by atoms with Crippen LogP contribution in [0.5, 0.6) is 0 Å². The Morgan fingerprint density at radius 2 is 1.45 bits per heavy atom. The number of fused-ring (bicyclic) bond motifs is 3. The quantitative estimate of drug-likeness (QED) is 0.308. The van der Waals surface area contributed by atoms with Gasteiger partial charge in [0, 0.05) is 30.0 Å². The van der Waals surface area contributed by atoms with E-state index in [-0.39, 0.29) is 41.5 Å². The van der Waals surface area contributed by atoms with Gasteiger partial charge >= 0.3 is 5.97 Å². The second-order valence-electron chi connectivity index (χ2n) is 10.9. The Hall–Kier alpha value is -4.72. The van der Waals surface area contributed by atoms with Gasteiger partial charge in [-0.15, -0.1) is 0 Å². The number of ether oxygens (including phenoxy) is 1. The van der Waals surface area contributed by atoms with Crippen LogP contribution in [0.1, 0.15) is 38.1 Å². The lowest BCUT2D eigenvalue weighted by molar-refractivity contribution is -0.141. The maximum absolute atomic E-state index is 14.3. The lowest BCUT2D eigenvalue weighted by Gasteiger charge is -2.50. The second-order valence-corrected chi connectivity index (χ2v) is 10.9. The van der Waals surface area contributed by atoms with Crippen LogP contribution in [0, 0.1) is 0 Å². The average Bonchev–Trinajstić information content (AvgIpc) is 3.00. The number of aromatic nitrogens is 3. The molecule has 0 N–H and O–H groups in total. The summed E-state index contributed by atoms with van der Waals surface area (Å²) in [7, 11) is 1.28. The molecule has 0 saturated carbocycles. The first-order valence-corrected chi connectivity index (χ1v) is 14.5. The van der Waals surface area contributed by atoms with Crippen molar-refractivity contribution < 1.29 is 9.53 Å². The molecule has 0 radical (unpaired) electrons. The largest absolute Gasteiger partial charge is 0.468 e. The number of rotatable bonds is 5. The SMILES string of the molecule is COC(=O)Cn1cccc(-c2nc3ccccc3n(C3CC4CCCC(C3)N4c3ccccccccc3)c2=O)c1=O. The highest BCUT2D eigenvalue weighted by Crippen LogP contribution is 2.42. The van der Waals surface area contributed by atoms with Crippen molar-refractivity contribution in [3.8, 4) is 11.3 Å². The number of methoxy groups -OCH3 is 1. The van der Waals surface area contributed by atoms with Gasteiger partial charge in [0.05, 0.1) is 23.7 Å². The highest BCUT2D eigenvalue weighted by Gasteiger charge is 2.40. The Kier molecular flexibility index (Phi) is 7.86. The molecule has 2 bridgehead atoms. The summed E-state index contributed by atoms with van der Waals surface area (Å²) >= 11 is 0. The third-order valence-corrected chi connectivity index (χ3v) is 8.41. The summed E-state index contributed by atoms with van der Waals surface area (Å²) in [6.45, 7) is -0.238. The number of nitrogens with zero attached hydrogens (tertiary/aromatic N) is 4. The fourth-order valence-corrected chi connectivity index (χ4v) is 6.58. The first-order chi connectivity index (χ1) is 20.5. The van der Waals surface area contributed by atoms with Gasteiger partial charge < -0.3 is 18.8 Å². The van der Waals surface area contributed by atoms with Crippen LogP contribution < -0.4 is 16.0 Å². The molecule has 2 fully saturated rings. The number of esters is 1. The van der Waals surface area contributed by atoms with Crippen molar-refractivity contribution in [2.75, 3.05) is 12.0 Å². The van der Waals surface area contributed by atoms with Gasteiger partial charge in [0.2, 0.25) is 0 Å². The molecule has 8 nitrogen and oxygen atoms in total. The molecule has 2 aromatic heterocycles. The maximum atomic E-state index is 14.3. The monoisotopic (exact) mass is 562 g/mol. The summed E-state index contributed by atoms with van der Waals surface area (Å²) in [5.41, 5.74) is 2.16. The van der Waals surface area contributed by atoms with Crippen LogP contribution in [0.3, 0.4) is 0 Å². The van der Waals surface area contributed by atoms with Gasteiger partial charge in [-0.1, -0.05) is 54.6 Å². The molecule has 4 heterocycles. The van der Waals surface area contributed by atoms with Crippen molar-refractivity contribution >= 4 is 22.7 Å². The minimum Gasteiger partial charge on any atom is -0.468 e. The summed E-state index contributed by atoms with van der Waals surface area (Å²) in [6, 6.07) is 30.0. The Bertz CT molecular complexity index is 1760. The van der Waals surface area contributed by atoms with Gasteiger partial charge in [-0.3, -0.25) is 14.4 Å². The fourth-order valence-electron chi connectivity index (χ4n) is 6.58. The van der Waals surface area contributed by atoms with Crippen molar-refractivity contribution in [2.24, 2.45) is 0 Å². The zero-order valence-corrected chi connectivity index (χ0v) is 23.6. The van der Waals surface area contributed by atoms with E-state index in [9.17, 15) is 14.4 Å². The normalized spacial score (nSPS) is 19.6. The van der Waals surface area contributed by atoms with E-state index in [1.54, 1.807) is 12.1 Å². The molecule has 2 aliphatic rings. The molecule has 2 aliphatic heterocycles. The van der Waals surface area contributed by atoms with Crippen LogP contribution in [0.2, 0.25) is 0 Å². The predicted octanol–water partition coefficient (Wildman–Crippen LogP) is 5.29. The molecule has 6 rings (SSSR count). The van der Waals surface area contributed by atoms with Crippen LogP contribution in [-0.4, -0.2) is 39.3 Å². The molecular weight excluding hydrogens is 528 g/mol. The third-order valence-electron chi connectivity index (χ3n) is 8.41. The van der Waals surface area contributed by atoms with Crippen molar-refractivity contribution in [1.82, 2.24) is 14.1 Å². The summed E-state index contributed by atoms with van der Waals surface area (Å²) in [5, 5.41) is 0. The summed E-state index contributed by atoms with van der Waals surface area (Å²) in [4.78, 5) is 46.8. The molecule has 42 heavy (non-hydrogen) atoms. The van der Waals surface area contributed by atoms with E-state index < -0.39 is 11.5 Å². The van der Waals surface area contributed by atoms with E-state index in [2.05, 4.69) is 34.1 Å². The minimum atomic E-state index is -0.542. The maximum Gasteiger partial charge on any atom is 0.325 e. The fraction of sp³-hybridized carbons (Fsp3) is 0.294. The summed E-state index contributed by atoms with van der Waals surface area (Å²) in [5.74, 6) is -0.542. The number of pyridine rings is 1. The standard InChI is InChI=1S/C34H34N4O4/c1-42-31(39)23-36-20-12-17-28(33(36)40)32-34(41)38(30-19-10-9-18-29(30)35-32)27-21-25-15-11-16-26(22-27)37(25)24-13-7-5-3-2-4-6-8-14-24/h2-10,12-14,17-20,25-27H,11,15-16,21-23H2,1H3. The van der Waals surface area contributed by atoms with Crippen LogP contribution in [0.25, 0.3) is 22.3 Å². The first-order valence-electron chi connectivity index (χ1n) is 14.5. The number of anilines is 1. The van der Waals surface area contributed by atoms with Crippen LogP contribution >= 0.6 is 0 Å². The van der Waals surface area contributed by atoms with Gasteiger partial charge in [-0.25, -0.2) is 4.98 Å². The highest BCUT2D eigenvalue weighted by molar-refractivity contribution is 5.78. The minimum absolute atomic E-state index is 0.0424. The molecule has 8 heteroatoms. The van der Waals surface area contributed by atoms with Crippen LogP contribution in [0.4, 0.5) is 5.69 Å². The molecule has 2 atom stereocenters. The molecule has 4 aromatic rings. The second kappa shape index (κ2) is 12.0. The van der Waals surface area contributed by atoms with E-state index in [0.717, 1.165) is 37.6 Å². The third kappa shape index (κ3) is 5.32. The van der Waals surface area contributed by atoms with Crippen LogP contribution in [-0.2, 0) is 16.1 Å². The number of carbonyl (C=O) groups excluding carboxylic acids is 1. The molecule has 0 spiro atoms. The lowest BCUT2D eigenvalue weighted by Crippen LogP contribution is -2.53. The number of para-hydroxylation sites is 2. The zero-order valence-electron chi connectivity index (χ0n) is 23.6. The number of piperidine rings is 2. The molecule has 2 unspecified atom stereocenters. The topological polar surface area (TPSA) is 86.4 Å². The molecule has 2 saturated heterocycles. The summed E-state index contributed by atoms with van der Waals surface area (Å²) in [6.07, 6.45) is 6.42. The van der Waals surface area contributed by atoms with Crippen molar-refractivity contribution in [1.29, 1.82) is 0 Å². The lowest BCUT2D eigenvalue weighted by atomic mass is 9.81. The molecule has 214 valence electrons. The van der Waals surface area contributed by atoms with Gasteiger partial charge in [0.15, 0.2) is 0 Å². The molecule has 2 aromatic carbocycles. The number of hydrogen-bond acceptors (Lipinski definition) is 6. The Morgan fingerprint density at radius 3 is 2.14 bits per heavy atom. The average molecular weight is 563 g/mol. The predicted molar refractivity (Wildman–Crippen MR) is 164 cm³/mol. The van der Waals surface area contributed by atoms with Crippen LogP contribution in [0.15, 0.2) is 107 Å². The smallest absolute Gasteiger partial charge is 0.325 e. The van der Waals surface area contributed by atoms with Crippen molar-refractivity contribution in [2.45, 2.75) is 56.8 Å². The van der Waals surface area contributed by atoms with Gasteiger partial charge in [-0.05, 0) is 68.5 Å². The van der Waals surface area contributed by atoms with E-state index in [1.807, 2.05) is 59.2 Å². The first kappa shape index (κ1) is 27.4. The summed E-state index contributed by atoms with van der Waals surface area (Å²) < 4.78 is 7.88. The number of benzene rings is 1. The van der Waals surface area contributed by atoms with Gasteiger partial charge in [0.1, 0.15) is 12.2 Å². The Morgan fingerprint density at radius 1 is 0.810 bits per heavy atom. The van der Waals surface area contributed by atoms with Gasteiger partial charge in [-0.2, -0.15) is 0 Å². The number of hydrogen-bond donors (Lipinski definition) is 0. The molecule has 0 aliphatic carbocycles. The van der Waals surface area contributed by atoms with Gasteiger partial charge in [0.25, 0.3) is 11.1 Å². The van der Waals surface area contributed by atoms with Crippen molar-refractivity contribution in [3.05, 3.63) is 118 Å². The Labute approximate surface area is 244 Å². The van der Waals surface area contributed by atoms with Crippen molar-refractivity contribution in [3.63, 3.8) is 0 Å². The van der Waals surface area contributed by atoms with E-state index in [0.29, 0.717) is 5.52 Å². The molecule has 0 amide bonds. The zero-order chi connectivity index (χ0) is 29.1. The van der Waals surface area contributed by atoms with E-state index >= 15 is 0 Å². The number of carbonyl (C=O) groups is 1. The Balaban J connectivity index is 1.44. The van der Waals surface area contributed by atoms with E-state index in [4.69, 9.17) is 4.74 Å².